The van der Waals surface area contributed by atoms with E-state index in [-0.39, 0.29) is 6.10 Å². The smallest absolute Gasteiger partial charge is 0.241 e. The van der Waals surface area contributed by atoms with Crippen molar-refractivity contribution < 1.29 is 18.9 Å². The van der Waals surface area contributed by atoms with Gasteiger partial charge in [0.25, 0.3) is 0 Å². The third-order valence-corrected chi connectivity index (χ3v) is 6.40. The van der Waals surface area contributed by atoms with Gasteiger partial charge in [0.05, 0.1) is 26.4 Å². The first-order valence-corrected chi connectivity index (χ1v) is 12.6. The van der Waals surface area contributed by atoms with Crippen LogP contribution < -0.4 is 4.74 Å². The second-order valence-electron chi connectivity index (χ2n) is 9.77. The standard InChI is InChI=1S/C29H34N4O4/c1-29(2)36-19-25(37-29)17-32(14-22-10-6-4-7-11-22)15-24-16-33(21-35-18-23-12-8-5-9-13-23)27-26(24)30-20-31-28(27)34-3/h4-13,16,20,25H,14-15,17-19,21H2,1-3H3. The van der Waals surface area contributed by atoms with E-state index in [1.54, 1.807) is 13.4 Å². The summed E-state index contributed by atoms with van der Waals surface area (Å²) in [5.74, 6) is -0.0288. The molecule has 2 aromatic carbocycles. The topological polar surface area (TPSA) is 70.9 Å². The lowest BCUT2D eigenvalue weighted by atomic mass is 10.1. The fraction of sp³-hybridized carbons (Fsp3) is 0.379. The molecule has 0 spiro atoms. The Hall–Kier alpha value is -3.30. The van der Waals surface area contributed by atoms with E-state index in [2.05, 4.69) is 57.5 Å². The van der Waals surface area contributed by atoms with Crippen molar-refractivity contribution in [1.82, 2.24) is 19.4 Å². The van der Waals surface area contributed by atoms with Gasteiger partial charge in [0.2, 0.25) is 5.88 Å². The molecule has 1 unspecified atom stereocenters. The first-order valence-electron chi connectivity index (χ1n) is 12.6. The maximum Gasteiger partial charge on any atom is 0.241 e. The van der Waals surface area contributed by atoms with Crippen molar-refractivity contribution in [2.45, 2.75) is 52.2 Å². The Morgan fingerprint density at radius 2 is 1.73 bits per heavy atom. The summed E-state index contributed by atoms with van der Waals surface area (Å²) in [6, 6.07) is 20.6. The molecule has 1 aliphatic rings. The predicted molar refractivity (Wildman–Crippen MR) is 141 cm³/mol. The molecule has 0 N–H and O–H groups in total. The zero-order chi connectivity index (χ0) is 25.7. The second kappa shape index (κ2) is 11.4. The Labute approximate surface area is 217 Å². The van der Waals surface area contributed by atoms with Crippen LogP contribution in [0.15, 0.2) is 73.2 Å². The number of methoxy groups -OCH3 is 1. The van der Waals surface area contributed by atoms with Gasteiger partial charge >= 0.3 is 0 Å². The molecule has 0 saturated carbocycles. The summed E-state index contributed by atoms with van der Waals surface area (Å²) in [5, 5.41) is 0. The van der Waals surface area contributed by atoms with Crippen LogP contribution in [0.25, 0.3) is 11.0 Å². The van der Waals surface area contributed by atoms with E-state index in [0.29, 0.717) is 32.4 Å². The van der Waals surface area contributed by atoms with Gasteiger partial charge in [-0.25, -0.2) is 4.98 Å². The lowest BCUT2D eigenvalue weighted by molar-refractivity contribution is -0.140. The second-order valence-corrected chi connectivity index (χ2v) is 9.77. The molecule has 1 aliphatic heterocycles. The SMILES string of the molecule is COc1ncnc2c(CN(Cc3ccccc3)CC3COC(C)(C)O3)cn(COCc3ccccc3)c12. The maximum atomic E-state index is 6.14. The molecule has 0 radical (unpaired) electrons. The minimum Gasteiger partial charge on any atom is -0.479 e. The molecule has 1 saturated heterocycles. The molecule has 194 valence electrons. The summed E-state index contributed by atoms with van der Waals surface area (Å²) in [6.45, 7) is 7.56. The number of hydrogen-bond acceptors (Lipinski definition) is 7. The molecule has 1 atom stereocenters. The number of rotatable bonds is 11. The summed E-state index contributed by atoms with van der Waals surface area (Å²) < 4.78 is 25.7. The Morgan fingerprint density at radius 3 is 2.41 bits per heavy atom. The first-order chi connectivity index (χ1) is 18.0. The van der Waals surface area contributed by atoms with Crippen LogP contribution in [0.1, 0.15) is 30.5 Å². The zero-order valence-corrected chi connectivity index (χ0v) is 21.7. The molecule has 5 rings (SSSR count). The van der Waals surface area contributed by atoms with E-state index in [1.807, 2.05) is 42.7 Å². The van der Waals surface area contributed by atoms with E-state index < -0.39 is 5.79 Å². The number of aromatic nitrogens is 3. The maximum absolute atomic E-state index is 6.14. The quantitative estimate of drug-likeness (QED) is 0.293. The van der Waals surface area contributed by atoms with Crippen LogP contribution in [0, 0.1) is 0 Å². The van der Waals surface area contributed by atoms with Crippen molar-refractivity contribution in [3.63, 3.8) is 0 Å². The highest BCUT2D eigenvalue weighted by molar-refractivity contribution is 5.83. The van der Waals surface area contributed by atoms with Gasteiger partial charge in [0.15, 0.2) is 5.79 Å². The molecule has 0 amide bonds. The fourth-order valence-corrected chi connectivity index (χ4v) is 4.78. The van der Waals surface area contributed by atoms with Gasteiger partial charge in [0.1, 0.15) is 24.1 Å². The molecular formula is C29H34N4O4. The molecule has 0 bridgehead atoms. The van der Waals surface area contributed by atoms with Gasteiger partial charge in [-0.05, 0) is 25.0 Å². The van der Waals surface area contributed by atoms with Crippen molar-refractivity contribution in [2.24, 2.45) is 0 Å². The van der Waals surface area contributed by atoms with Crippen LogP contribution in [0.3, 0.4) is 0 Å². The molecule has 3 heterocycles. The van der Waals surface area contributed by atoms with Gasteiger partial charge < -0.3 is 23.5 Å². The summed E-state index contributed by atoms with van der Waals surface area (Å²) in [6.07, 6.45) is 3.64. The molecule has 1 fully saturated rings. The van der Waals surface area contributed by atoms with Crippen molar-refractivity contribution in [3.8, 4) is 5.88 Å². The van der Waals surface area contributed by atoms with Crippen molar-refractivity contribution in [3.05, 3.63) is 89.9 Å². The highest BCUT2D eigenvalue weighted by atomic mass is 16.7. The largest absolute Gasteiger partial charge is 0.479 e. The van der Waals surface area contributed by atoms with E-state index >= 15 is 0 Å². The van der Waals surface area contributed by atoms with Gasteiger partial charge in [-0.15, -0.1) is 0 Å². The summed E-state index contributed by atoms with van der Waals surface area (Å²) >= 11 is 0. The monoisotopic (exact) mass is 502 g/mol. The average Bonchev–Trinajstić information content (AvgIpc) is 3.44. The van der Waals surface area contributed by atoms with Crippen molar-refractivity contribution in [2.75, 3.05) is 20.3 Å². The first kappa shape index (κ1) is 25.4. The van der Waals surface area contributed by atoms with Crippen LogP contribution in [0.2, 0.25) is 0 Å². The fourth-order valence-electron chi connectivity index (χ4n) is 4.78. The third-order valence-electron chi connectivity index (χ3n) is 6.40. The molecule has 37 heavy (non-hydrogen) atoms. The van der Waals surface area contributed by atoms with Crippen LogP contribution in [0.5, 0.6) is 5.88 Å². The van der Waals surface area contributed by atoms with Crippen LogP contribution in [-0.4, -0.2) is 51.6 Å². The molecule has 4 aromatic rings. The van der Waals surface area contributed by atoms with Gasteiger partial charge in [-0.3, -0.25) is 4.90 Å². The number of fused-ring (bicyclic) bond motifs is 1. The molecule has 2 aromatic heterocycles. The number of benzene rings is 2. The van der Waals surface area contributed by atoms with E-state index in [0.717, 1.165) is 35.2 Å². The number of nitrogens with zero attached hydrogens (tertiary/aromatic N) is 4. The van der Waals surface area contributed by atoms with Crippen LogP contribution >= 0.6 is 0 Å². The Bertz CT molecular complexity index is 1290. The van der Waals surface area contributed by atoms with Gasteiger partial charge in [-0.2, -0.15) is 4.98 Å². The zero-order valence-electron chi connectivity index (χ0n) is 21.7. The highest BCUT2D eigenvalue weighted by Crippen LogP contribution is 2.29. The van der Waals surface area contributed by atoms with Crippen LogP contribution in [-0.2, 0) is 40.6 Å². The lowest BCUT2D eigenvalue weighted by Crippen LogP contribution is -2.34. The van der Waals surface area contributed by atoms with Gasteiger partial charge in [0, 0.05) is 31.4 Å². The summed E-state index contributed by atoms with van der Waals surface area (Å²) in [4.78, 5) is 11.4. The highest BCUT2D eigenvalue weighted by Gasteiger charge is 2.34. The molecular weight excluding hydrogens is 468 g/mol. The van der Waals surface area contributed by atoms with Gasteiger partial charge in [-0.1, -0.05) is 60.7 Å². The predicted octanol–water partition coefficient (Wildman–Crippen LogP) is 4.77. The summed E-state index contributed by atoms with van der Waals surface area (Å²) in [5.41, 5.74) is 5.13. The van der Waals surface area contributed by atoms with Crippen molar-refractivity contribution in [1.29, 1.82) is 0 Å². The Balaban J connectivity index is 1.40. The van der Waals surface area contributed by atoms with E-state index in [4.69, 9.17) is 18.9 Å². The Kier molecular flexibility index (Phi) is 7.81. The lowest BCUT2D eigenvalue weighted by Gasteiger charge is -2.25. The Morgan fingerprint density at radius 1 is 1.00 bits per heavy atom. The summed E-state index contributed by atoms with van der Waals surface area (Å²) in [7, 11) is 1.63. The number of hydrogen-bond donors (Lipinski definition) is 0. The average molecular weight is 503 g/mol. The molecule has 8 nitrogen and oxygen atoms in total. The van der Waals surface area contributed by atoms with E-state index in [1.165, 1.54) is 5.56 Å². The molecule has 0 aliphatic carbocycles. The van der Waals surface area contributed by atoms with Crippen LogP contribution in [0.4, 0.5) is 0 Å². The van der Waals surface area contributed by atoms with Crippen molar-refractivity contribution >= 4 is 11.0 Å². The number of ether oxygens (including phenoxy) is 4. The third kappa shape index (κ3) is 6.34. The minimum absolute atomic E-state index is 0.00886. The molecule has 8 heteroatoms. The normalized spacial score (nSPS) is 17.0. The van der Waals surface area contributed by atoms with E-state index in [9.17, 15) is 0 Å². The minimum atomic E-state index is -0.560.